The van der Waals surface area contributed by atoms with Crippen LogP contribution in [0.1, 0.15) is 32.6 Å². The Bertz CT molecular complexity index is 313. The smallest absolute Gasteiger partial charge is 0.103 e. The molecule has 1 unspecified atom stereocenters. The molecule has 0 bridgehead atoms. The standard InChI is InChI=1S/C15H28N4/c1-15(13-16,17-2)6-3-7-18-8-10-19(11-9-18)12-14-4-5-14/h14,17H,3-12H2,1-2H3. The second-order valence-corrected chi connectivity index (χ2v) is 6.38. The fourth-order valence-electron chi connectivity index (χ4n) is 2.75. The molecule has 0 aromatic carbocycles. The van der Waals surface area contributed by atoms with E-state index in [1.807, 2.05) is 14.0 Å². The number of piperazine rings is 1. The van der Waals surface area contributed by atoms with Gasteiger partial charge in [0.15, 0.2) is 0 Å². The number of nitrogens with one attached hydrogen (secondary N) is 1. The van der Waals surface area contributed by atoms with Crippen molar-refractivity contribution in [3.8, 4) is 6.07 Å². The highest BCUT2D eigenvalue weighted by Gasteiger charge is 2.26. The minimum Gasteiger partial charge on any atom is -0.303 e. The first-order valence-corrected chi connectivity index (χ1v) is 7.70. The van der Waals surface area contributed by atoms with Crippen LogP contribution in [-0.2, 0) is 0 Å². The predicted molar refractivity (Wildman–Crippen MR) is 77.9 cm³/mol. The molecular weight excluding hydrogens is 236 g/mol. The van der Waals surface area contributed by atoms with Gasteiger partial charge in [0, 0.05) is 32.7 Å². The van der Waals surface area contributed by atoms with Crippen molar-refractivity contribution < 1.29 is 0 Å². The summed E-state index contributed by atoms with van der Waals surface area (Å²) in [6, 6.07) is 2.36. The lowest BCUT2D eigenvalue weighted by atomic mass is 9.98. The van der Waals surface area contributed by atoms with Gasteiger partial charge in [-0.25, -0.2) is 0 Å². The van der Waals surface area contributed by atoms with Crippen LogP contribution in [0.15, 0.2) is 0 Å². The number of hydrogen-bond acceptors (Lipinski definition) is 4. The summed E-state index contributed by atoms with van der Waals surface area (Å²) in [4.78, 5) is 5.18. The number of nitriles is 1. The zero-order valence-electron chi connectivity index (χ0n) is 12.5. The van der Waals surface area contributed by atoms with E-state index in [0.717, 1.165) is 25.3 Å². The maximum atomic E-state index is 9.11. The van der Waals surface area contributed by atoms with Crippen molar-refractivity contribution in [1.82, 2.24) is 15.1 Å². The van der Waals surface area contributed by atoms with Crippen LogP contribution < -0.4 is 5.32 Å². The van der Waals surface area contributed by atoms with Gasteiger partial charge in [-0.15, -0.1) is 0 Å². The van der Waals surface area contributed by atoms with E-state index in [0.29, 0.717) is 0 Å². The maximum absolute atomic E-state index is 9.11. The fraction of sp³-hybridized carbons (Fsp3) is 0.933. The van der Waals surface area contributed by atoms with Gasteiger partial charge in [-0.2, -0.15) is 5.26 Å². The van der Waals surface area contributed by atoms with E-state index in [1.165, 1.54) is 45.6 Å². The molecule has 0 spiro atoms. The Balaban J connectivity index is 1.59. The average molecular weight is 264 g/mol. The van der Waals surface area contributed by atoms with Crippen molar-refractivity contribution in [3.63, 3.8) is 0 Å². The summed E-state index contributed by atoms with van der Waals surface area (Å²) >= 11 is 0. The second-order valence-electron chi connectivity index (χ2n) is 6.38. The van der Waals surface area contributed by atoms with Crippen LogP contribution in [0, 0.1) is 17.2 Å². The Labute approximate surface area is 117 Å². The second kappa shape index (κ2) is 6.69. The highest BCUT2D eigenvalue weighted by Crippen LogP contribution is 2.29. The Kier molecular flexibility index (Phi) is 5.20. The van der Waals surface area contributed by atoms with Crippen LogP contribution in [0.3, 0.4) is 0 Å². The van der Waals surface area contributed by atoms with Crippen molar-refractivity contribution in [2.24, 2.45) is 5.92 Å². The quantitative estimate of drug-likeness (QED) is 0.752. The van der Waals surface area contributed by atoms with Gasteiger partial charge in [0.05, 0.1) is 6.07 Å². The number of rotatable bonds is 7. The molecule has 1 N–H and O–H groups in total. The molecule has 4 nitrogen and oxygen atoms in total. The van der Waals surface area contributed by atoms with Gasteiger partial charge in [0.2, 0.25) is 0 Å². The maximum Gasteiger partial charge on any atom is 0.103 e. The molecule has 1 heterocycles. The molecule has 1 aliphatic heterocycles. The molecule has 0 radical (unpaired) electrons. The molecule has 1 saturated carbocycles. The molecule has 1 saturated heterocycles. The van der Waals surface area contributed by atoms with Gasteiger partial charge in [0.25, 0.3) is 0 Å². The normalized spacial score (nSPS) is 24.9. The molecule has 4 heteroatoms. The summed E-state index contributed by atoms with van der Waals surface area (Å²) in [6.07, 6.45) is 4.95. The molecule has 0 amide bonds. The Morgan fingerprint density at radius 1 is 1.21 bits per heavy atom. The summed E-state index contributed by atoms with van der Waals surface area (Å²) in [5, 5.41) is 12.2. The van der Waals surface area contributed by atoms with Crippen LogP contribution in [0.2, 0.25) is 0 Å². The van der Waals surface area contributed by atoms with Crippen LogP contribution >= 0.6 is 0 Å². The summed E-state index contributed by atoms with van der Waals surface area (Å²) < 4.78 is 0. The van der Waals surface area contributed by atoms with E-state index in [4.69, 9.17) is 5.26 Å². The van der Waals surface area contributed by atoms with E-state index in [2.05, 4.69) is 21.2 Å². The van der Waals surface area contributed by atoms with Gasteiger partial charge in [-0.05, 0) is 52.1 Å². The first kappa shape index (κ1) is 14.8. The highest BCUT2D eigenvalue weighted by molar-refractivity contribution is 5.02. The topological polar surface area (TPSA) is 42.3 Å². The monoisotopic (exact) mass is 264 g/mol. The Morgan fingerprint density at radius 3 is 2.37 bits per heavy atom. The Morgan fingerprint density at radius 2 is 1.84 bits per heavy atom. The van der Waals surface area contributed by atoms with Gasteiger partial charge in [-0.3, -0.25) is 0 Å². The minimum absolute atomic E-state index is 0.353. The number of hydrogen-bond donors (Lipinski definition) is 1. The molecule has 1 atom stereocenters. The highest BCUT2D eigenvalue weighted by atomic mass is 15.3. The van der Waals surface area contributed by atoms with E-state index in [9.17, 15) is 0 Å². The van der Waals surface area contributed by atoms with Crippen LogP contribution in [-0.4, -0.2) is 61.7 Å². The Hall–Kier alpha value is -0.630. The van der Waals surface area contributed by atoms with Gasteiger partial charge in [0.1, 0.15) is 5.54 Å². The minimum atomic E-state index is -0.353. The van der Waals surface area contributed by atoms with Crippen LogP contribution in [0.5, 0.6) is 0 Å². The van der Waals surface area contributed by atoms with Crippen molar-refractivity contribution in [2.75, 3.05) is 46.3 Å². The molecular formula is C15H28N4. The predicted octanol–water partition coefficient (Wildman–Crippen LogP) is 1.30. The lowest BCUT2D eigenvalue weighted by molar-refractivity contribution is 0.125. The van der Waals surface area contributed by atoms with E-state index in [1.54, 1.807) is 0 Å². The van der Waals surface area contributed by atoms with Crippen molar-refractivity contribution in [2.45, 2.75) is 38.1 Å². The van der Waals surface area contributed by atoms with Gasteiger partial charge < -0.3 is 15.1 Å². The SMILES string of the molecule is CNC(C)(C#N)CCCN1CCN(CC2CC2)CC1. The third-order valence-electron chi connectivity index (χ3n) is 4.63. The van der Waals surface area contributed by atoms with Crippen molar-refractivity contribution in [1.29, 1.82) is 5.26 Å². The molecule has 2 aliphatic rings. The zero-order chi connectivity index (χ0) is 13.7. The summed E-state index contributed by atoms with van der Waals surface area (Å²) in [7, 11) is 1.87. The first-order valence-electron chi connectivity index (χ1n) is 7.70. The summed E-state index contributed by atoms with van der Waals surface area (Å²) in [5.74, 6) is 1.01. The van der Waals surface area contributed by atoms with Crippen LogP contribution in [0.4, 0.5) is 0 Å². The lowest BCUT2D eigenvalue weighted by Crippen LogP contribution is -2.47. The van der Waals surface area contributed by atoms with E-state index >= 15 is 0 Å². The largest absolute Gasteiger partial charge is 0.303 e. The molecule has 0 aromatic rings. The van der Waals surface area contributed by atoms with E-state index in [-0.39, 0.29) is 5.54 Å². The van der Waals surface area contributed by atoms with Gasteiger partial charge in [-0.1, -0.05) is 0 Å². The molecule has 108 valence electrons. The van der Waals surface area contributed by atoms with Gasteiger partial charge >= 0.3 is 0 Å². The first-order chi connectivity index (χ1) is 9.15. The van der Waals surface area contributed by atoms with Crippen molar-refractivity contribution in [3.05, 3.63) is 0 Å². The average Bonchev–Trinajstić information content (AvgIpc) is 3.24. The van der Waals surface area contributed by atoms with Crippen LogP contribution in [0.25, 0.3) is 0 Å². The molecule has 19 heavy (non-hydrogen) atoms. The molecule has 2 fully saturated rings. The summed E-state index contributed by atoms with van der Waals surface area (Å²) in [6.45, 7) is 9.33. The summed E-state index contributed by atoms with van der Waals surface area (Å²) in [5.41, 5.74) is -0.353. The van der Waals surface area contributed by atoms with Crippen molar-refractivity contribution >= 4 is 0 Å². The fourth-order valence-corrected chi connectivity index (χ4v) is 2.75. The molecule has 2 rings (SSSR count). The molecule has 0 aromatic heterocycles. The third-order valence-corrected chi connectivity index (χ3v) is 4.63. The third kappa shape index (κ3) is 4.76. The number of nitrogens with zero attached hydrogens (tertiary/aromatic N) is 3. The lowest BCUT2D eigenvalue weighted by Gasteiger charge is -2.35. The van der Waals surface area contributed by atoms with E-state index < -0.39 is 0 Å². The zero-order valence-corrected chi connectivity index (χ0v) is 12.5. The molecule has 1 aliphatic carbocycles.